The third kappa shape index (κ3) is 3.65. The molecular formula is C12H20N2O2S2. The SMILES string of the molecule is CC(O)CCc1nc(C2CSC(C)C(C)S2)no1. The molecule has 0 aromatic carbocycles. The van der Waals surface area contributed by atoms with Gasteiger partial charge in [0.15, 0.2) is 5.82 Å². The fraction of sp³-hybridized carbons (Fsp3) is 0.833. The van der Waals surface area contributed by atoms with Crippen LogP contribution < -0.4 is 0 Å². The Morgan fingerprint density at radius 2 is 2.22 bits per heavy atom. The van der Waals surface area contributed by atoms with Crippen molar-refractivity contribution in [1.82, 2.24) is 10.1 Å². The first-order valence-corrected chi connectivity index (χ1v) is 8.33. The molecule has 0 aliphatic carbocycles. The minimum Gasteiger partial charge on any atom is -0.393 e. The fourth-order valence-corrected chi connectivity index (χ4v) is 4.59. The number of hydrogen-bond acceptors (Lipinski definition) is 6. The molecule has 1 fully saturated rings. The van der Waals surface area contributed by atoms with Gasteiger partial charge in [0.1, 0.15) is 0 Å². The lowest BCUT2D eigenvalue weighted by molar-refractivity contribution is 0.180. The van der Waals surface area contributed by atoms with E-state index in [9.17, 15) is 5.11 Å². The summed E-state index contributed by atoms with van der Waals surface area (Å²) in [4.78, 5) is 4.44. The van der Waals surface area contributed by atoms with Gasteiger partial charge in [0.2, 0.25) is 5.89 Å². The molecule has 0 spiro atoms. The van der Waals surface area contributed by atoms with Crippen molar-refractivity contribution < 1.29 is 9.63 Å². The summed E-state index contributed by atoms with van der Waals surface area (Å²) in [5.74, 6) is 2.50. The highest BCUT2D eigenvalue weighted by molar-refractivity contribution is 8.07. The van der Waals surface area contributed by atoms with Crippen LogP contribution in [0.5, 0.6) is 0 Å². The third-order valence-electron chi connectivity index (χ3n) is 3.10. The van der Waals surface area contributed by atoms with Crippen LogP contribution in [0.15, 0.2) is 4.52 Å². The van der Waals surface area contributed by atoms with Crippen molar-refractivity contribution in [3.63, 3.8) is 0 Å². The van der Waals surface area contributed by atoms with Crippen LogP contribution in [0.4, 0.5) is 0 Å². The van der Waals surface area contributed by atoms with Crippen molar-refractivity contribution in [2.75, 3.05) is 5.75 Å². The second-order valence-electron chi connectivity index (χ2n) is 4.80. The lowest BCUT2D eigenvalue weighted by Gasteiger charge is -2.29. The second-order valence-corrected chi connectivity index (χ2v) is 7.80. The van der Waals surface area contributed by atoms with Crippen LogP contribution in [0.25, 0.3) is 0 Å². The number of thioether (sulfide) groups is 2. The summed E-state index contributed by atoms with van der Waals surface area (Å²) in [6.07, 6.45) is 1.00. The zero-order valence-electron chi connectivity index (χ0n) is 11.0. The topological polar surface area (TPSA) is 59.2 Å². The third-order valence-corrected chi connectivity index (χ3v) is 6.48. The molecule has 1 N–H and O–H groups in total. The summed E-state index contributed by atoms with van der Waals surface area (Å²) in [5.41, 5.74) is 0. The van der Waals surface area contributed by atoms with Gasteiger partial charge in [-0.3, -0.25) is 0 Å². The van der Waals surface area contributed by atoms with Crippen molar-refractivity contribution in [1.29, 1.82) is 0 Å². The van der Waals surface area contributed by atoms with Crippen LogP contribution in [0.3, 0.4) is 0 Å². The zero-order valence-corrected chi connectivity index (χ0v) is 12.6. The Kier molecular flexibility index (Phi) is 4.98. The first-order chi connectivity index (χ1) is 8.56. The maximum Gasteiger partial charge on any atom is 0.226 e. The van der Waals surface area contributed by atoms with Crippen LogP contribution >= 0.6 is 23.5 Å². The number of nitrogens with zero attached hydrogens (tertiary/aromatic N) is 2. The van der Waals surface area contributed by atoms with Crippen molar-refractivity contribution >= 4 is 23.5 Å². The van der Waals surface area contributed by atoms with Crippen LogP contribution in [0, 0.1) is 0 Å². The monoisotopic (exact) mass is 288 g/mol. The second kappa shape index (κ2) is 6.30. The first-order valence-electron chi connectivity index (χ1n) is 6.34. The largest absolute Gasteiger partial charge is 0.393 e. The predicted octanol–water partition coefficient (Wildman–Crippen LogP) is 2.68. The van der Waals surface area contributed by atoms with E-state index in [2.05, 4.69) is 24.0 Å². The van der Waals surface area contributed by atoms with Crippen LogP contribution in [0.1, 0.15) is 44.2 Å². The van der Waals surface area contributed by atoms with E-state index in [4.69, 9.17) is 4.52 Å². The molecule has 6 heteroatoms. The first kappa shape index (κ1) is 14.2. The van der Waals surface area contributed by atoms with Gasteiger partial charge in [0, 0.05) is 22.7 Å². The van der Waals surface area contributed by atoms with E-state index in [-0.39, 0.29) is 6.10 Å². The van der Waals surface area contributed by atoms with Crippen molar-refractivity contribution in [2.45, 2.75) is 55.5 Å². The Balaban J connectivity index is 1.93. The maximum absolute atomic E-state index is 9.24. The minimum absolute atomic E-state index is 0.319. The van der Waals surface area contributed by atoms with Crippen molar-refractivity contribution in [2.24, 2.45) is 0 Å². The average molecular weight is 288 g/mol. The molecule has 0 bridgehead atoms. The van der Waals surface area contributed by atoms with Gasteiger partial charge in [0.25, 0.3) is 0 Å². The summed E-state index contributed by atoms with van der Waals surface area (Å²) in [6.45, 7) is 6.29. The van der Waals surface area contributed by atoms with Gasteiger partial charge in [-0.1, -0.05) is 19.0 Å². The highest BCUT2D eigenvalue weighted by Crippen LogP contribution is 2.43. The molecule has 0 amide bonds. The van der Waals surface area contributed by atoms with Gasteiger partial charge in [-0.2, -0.15) is 16.7 Å². The van der Waals surface area contributed by atoms with E-state index in [1.54, 1.807) is 6.92 Å². The number of aryl methyl sites for hydroxylation is 1. The Labute approximate surface area is 116 Å². The standard InChI is InChI=1S/C12H20N2O2S2/c1-7(15)4-5-11-13-12(14-16-11)10-6-17-8(2)9(3)18-10/h7-10,15H,4-6H2,1-3H3. The van der Waals surface area contributed by atoms with Crippen LogP contribution in [-0.2, 0) is 6.42 Å². The number of hydrogen-bond donors (Lipinski definition) is 1. The summed E-state index contributed by atoms with van der Waals surface area (Å²) >= 11 is 3.90. The van der Waals surface area contributed by atoms with E-state index in [0.29, 0.717) is 34.5 Å². The van der Waals surface area contributed by atoms with Crippen molar-refractivity contribution in [3.05, 3.63) is 11.7 Å². The number of aliphatic hydroxyl groups is 1. The number of rotatable bonds is 4. The molecule has 4 unspecified atom stereocenters. The van der Waals surface area contributed by atoms with Gasteiger partial charge in [-0.15, -0.1) is 11.8 Å². The molecule has 1 aliphatic heterocycles. The molecule has 0 saturated carbocycles. The van der Waals surface area contributed by atoms with E-state index in [0.717, 1.165) is 11.6 Å². The predicted molar refractivity (Wildman–Crippen MR) is 76.0 cm³/mol. The molecule has 0 radical (unpaired) electrons. The van der Waals surface area contributed by atoms with Gasteiger partial charge in [-0.05, 0) is 13.3 Å². The summed E-state index contributed by atoms with van der Waals surface area (Å²) in [5, 5.41) is 15.0. The van der Waals surface area contributed by atoms with E-state index < -0.39 is 0 Å². The normalized spacial score (nSPS) is 30.3. The molecular weight excluding hydrogens is 268 g/mol. The molecule has 1 aliphatic rings. The van der Waals surface area contributed by atoms with E-state index in [1.165, 1.54) is 0 Å². The smallest absolute Gasteiger partial charge is 0.226 e. The molecule has 18 heavy (non-hydrogen) atoms. The van der Waals surface area contributed by atoms with Crippen LogP contribution in [0.2, 0.25) is 0 Å². The molecule has 1 saturated heterocycles. The maximum atomic E-state index is 9.24. The lowest BCUT2D eigenvalue weighted by Crippen LogP contribution is -2.22. The Bertz CT molecular complexity index is 384. The molecule has 4 nitrogen and oxygen atoms in total. The van der Waals surface area contributed by atoms with E-state index in [1.807, 2.05) is 23.5 Å². The van der Waals surface area contributed by atoms with Gasteiger partial charge < -0.3 is 9.63 Å². The zero-order chi connectivity index (χ0) is 13.1. The minimum atomic E-state index is -0.319. The Morgan fingerprint density at radius 3 is 2.89 bits per heavy atom. The highest BCUT2D eigenvalue weighted by Gasteiger charge is 2.29. The Hall–Kier alpha value is -0.200. The molecule has 2 heterocycles. The quantitative estimate of drug-likeness (QED) is 0.919. The molecule has 4 atom stereocenters. The van der Waals surface area contributed by atoms with Crippen molar-refractivity contribution in [3.8, 4) is 0 Å². The van der Waals surface area contributed by atoms with E-state index >= 15 is 0 Å². The molecule has 1 aromatic heterocycles. The lowest BCUT2D eigenvalue weighted by atomic mass is 10.2. The van der Waals surface area contributed by atoms with Gasteiger partial charge in [-0.25, -0.2) is 0 Å². The fourth-order valence-electron chi connectivity index (χ4n) is 1.75. The Morgan fingerprint density at radius 1 is 1.44 bits per heavy atom. The average Bonchev–Trinajstić information content (AvgIpc) is 2.79. The number of aromatic nitrogens is 2. The molecule has 102 valence electrons. The summed E-state index contributed by atoms with van der Waals surface area (Å²) in [6, 6.07) is 0. The molecule has 2 rings (SSSR count). The number of aliphatic hydroxyl groups excluding tert-OH is 1. The highest BCUT2D eigenvalue weighted by atomic mass is 32.2. The molecule has 1 aromatic rings. The van der Waals surface area contributed by atoms with Gasteiger partial charge in [0.05, 0.1) is 11.4 Å². The summed E-state index contributed by atoms with van der Waals surface area (Å²) in [7, 11) is 0. The van der Waals surface area contributed by atoms with Crippen LogP contribution in [-0.4, -0.2) is 37.6 Å². The summed E-state index contributed by atoms with van der Waals surface area (Å²) < 4.78 is 5.24. The van der Waals surface area contributed by atoms with Gasteiger partial charge >= 0.3 is 0 Å².